The van der Waals surface area contributed by atoms with Crippen molar-refractivity contribution in [1.82, 2.24) is 0 Å². The number of unbranched alkanes of at least 4 members (excludes halogenated alkanes) is 20. The second-order valence-electron chi connectivity index (χ2n) is 12.9. The van der Waals surface area contributed by atoms with Gasteiger partial charge in [0.15, 0.2) is 0 Å². The van der Waals surface area contributed by atoms with Gasteiger partial charge in [0.05, 0.1) is 42.1 Å². The molecule has 0 spiro atoms. The van der Waals surface area contributed by atoms with Crippen LogP contribution in [0.5, 0.6) is 0 Å². The van der Waals surface area contributed by atoms with Gasteiger partial charge in [-0.3, -0.25) is 26.7 Å². The first kappa shape index (κ1) is 63.3. The molecule has 56 heavy (non-hydrogen) atoms. The van der Waals surface area contributed by atoms with E-state index in [4.69, 9.17) is 33.1 Å². The first-order valence-corrected chi connectivity index (χ1v) is 25.8. The third-order valence-electron chi connectivity index (χ3n) is 7.51. The van der Waals surface area contributed by atoms with Gasteiger partial charge >= 0.3 is 40.2 Å². The maximum atomic E-state index is 12.3. The minimum absolute atomic E-state index is 0. The van der Waals surface area contributed by atoms with Crippen molar-refractivity contribution in [3.63, 3.8) is 0 Å². The van der Waals surface area contributed by atoms with Crippen molar-refractivity contribution in [3.05, 3.63) is 0 Å². The number of carbonyl (C=O) groups is 1. The summed E-state index contributed by atoms with van der Waals surface area (Å²) >= 11 is 0. The van der Waals surface area contributed by atoms with E-state index in [1.807, 2.05) is 0 Å². The van der Waals surface area contributed by atoms with Crippen LogP contribution in [0.1, 0.15) is 185 Å². The molecule has 17 nitrogen and oxygen atoms in total. The molecule has 0 aromatic heterocycles. The van der Waals surface area contributed by atoms with Crippen molar-refractivity contribution < 1.29 is 104 Å². The third-order valence-corrected chi connectivity index (χ3v) is 12.7. The van der Waals surface area contributed by atoms with Gasteiger partial charge in [-0.15, -0.1) is 0 Å². The molecule has 0 fully saturated rings. The van der Waals surface area contributed by atoms with Crippen molar-refractivity contribution >= 4 is 37.3 Å². The summed E-state index contributed by atoms with van der Waals surface area (Å²) in [6.07, 6.45) is 23.8. The topological polar surface area (TPSA) is 279 Å². The van der Waals surface area contributed by atoms with Gasteiger partial charge in [-0.2, -0.15) is 0 Å². The molecular formula is C34H72O17P4Ti. The van der Waals surface area contributed by atoms with Gasteiger partial charge in [0.1, 0.15) is 0 Å². The molecular weight excluding hydrogens is 852 g/mol. The van der Waals surface area contributed by atoms with Crippen molar-refractivity contribution in [2.45, 2.75) is 182 Å². The van der Waals surface area contributed by atoms with E-state index in [-0.39, 0.29) is 51.0 Å². The molecule has 0 N–H and O–H groups in total. The van der Waals surface area contributed by atoms with E-state index in [0.717, 1.165) is 103 Å². The zero-order chi connectivity index (χ0) is 42.3. The molecule has 0 atom stereocenters. The molecule has 0 aliphatic carbocycles. The van der Waals surface area contributed by atoms with Crippen LogP contribution in [0.4, 0.5) is 0 Å². The number of aliphatic carboxylic acids is 1. The van der Waals surface area contributed by atoms with Crippen molar-refractivity contribution in [1.29, 1.82) is 0 Å². The Morgan fingerprint density at radius 2 is 0.607 bits per heavy atom. The van der Waals surface area contributed by atoms with Gasteiger partial charge in [0, 0.05) is 5.97 Å². The third kappa shape index (κ3) is 52.7. The number of phosphoric acid groups is 4. The van der Waals surface area contributed by atoms with Crippen LogP contribution >= 0.6 is 31.3 Å². The number of carboxylic acid groups (broad SMARTS) is 1. The van der Waals surface area contributed by atoms with Crippen molar-refractivity contribution in [3.8, 4) is 0 Å². The summed E-state index contributed by atoms with van der Waals surface area (Å²) in [5, 5.41) is 17.9. The minimum atomic E-state index is -5.44. The van der Waals surface area contributed by atoms with E-state index in [0.29, 0.717) is 25.7 Å². The predicted octanol–water partition coefficient (Wildman–Crippen LogP) is 6.71. The van der Waals surface area contributed by atoms with Crippen LogP contribution in [0.3, 0.4) is 0 Å². The molecule has 0 heterocycles. The molecule has 0 radical (unpaired) electrons. The van der Waals surface area contributed by atoms with Gasteiger partial charge < -0.3 is 43.7 Å². The molecule has 22 heteroatoms. The van der Waals surface area contributed by atoms with E-state index in [9.17, 15) is 37.8 Å². The Labute approximate surface area is 355 Å². The van der Waals surface area contributed by atoms with Crippen LogP contribution < -0.4 is 29.8 Å². The Balaban J connectivity index is -0.000000199. The van der Waals surface area contributed by atoms with Gasteiger partial charge in [-0.05, 0) is 25.7 Å². The predicted molar refractivity (Wildman–Crippen MR) is 202 cm³/mol. The summed E-state index contributed by atoms with van der Waals surface area (Å²) in [6.45, 7) is 7.54. The number of hydrogen-bond acceptors (Lipinski definition) is 17. The number of carboxylic acids is 1. The standard InChI is InChI=1S/2C16H36O7P2.C2H3O3.Ti/c2*1-3-5-7-9-11-13-15-21-25(20,23-24(17,18)19)22-16-14-12-10-8-6-4-2;3-1-2(4)5;/h2*3-16H2,1-2H3,(H2,17,18,19);1H2,(H,4,5);/q;;-1;+4/p-3. The Morgan fingerprint density at radius 3 is 0.768 bits per heavy atom. The first-order valence-electron chi connectivity index (χ1n) is 20.0. The van der Waals surface area contributed by atoms with Gasteiger partial charge in [0.2, 0.25) is 0 Å². The smallest absolute Gasteiger partial charge is 0.850 e. The van der Waals surface area contributed by atoms with Gasteiger partial charge in [0.25, 0.3) is 0 Å². The second-order valence-corrected chi connectivity index (χ2v) is 18.8. The molecule has 334 valence electrons. The van der Waals surface area contributed by atoms with Gasteiger partial charge in [-0.25, -0.2) is 9.13 Å². The van der Waals surface area contributed by atoms with Crippen LogP contribution in [0.15, 0.2) is 0 Å². The molecule has 0 aliphatic rings. The van der Waals surface area contributed by atoms with E-state index in [1.165, 1.54) is 25.7 Å². The zero-order valence-corrected chi connectivity index (χ0v) is 39.4. The molecule has 0 unspecified atom stereocenters. The Hall–Kier alpha value is 0.664. The summed E-state index contributed by atoms with van der Waals surface area (Å²) in [5.74, 6) is -1.55. The molecule has 0 aromatic rings. The molecule has 0 saturated carbocycles. The van der Waals surface area contributed by atoms with Crippen LogP contribution in [-0.4, -0.2) is 39.0 Å². The van der Waals surface area contributed by atoms with E-state index in [1.54, 1.807) is 0 Å². The van der Waals surface area contributed by atoms with Crippen molar-refractivity contribution in [2.24, 2.45) is 0 Å². The molecule has 0 bridgehead atoms. The number of carbonyl (C=O) groups excluding carboxylic acids is 1. The number of phosphoric ester groups is 2. The van der Waals surface area contributed by atoms with E-state index >= 15 is 0 Å². The maximum absolute atomic E-state index is 12.3. The molecule has 0 amide bonds. The number of hydrogen-bond donors (Lipinski definition) is 0. The van der Waals surface area contributed by atoms with Crippen LogP contribution in [0.2, 0.25) is 0 Å². The summed E-state index contributed by atoms with van der Waals surface area (Å²) in [4.78, 5) is 52.1. The fourth-order valence-electron chi connectivity index (χ4n) is 4.65. The molecule has 0 aromatic carbocycles. The Morgan fingerprint density at radius 1 is 0.429 bits per heavy atom. The normalized spacial score (nSPS) is 11.9. The van der Waals surface area contributed by atoms with Crippen LogP contribution in [0.25, 0.3) is 0 Å². The fraction of sp³-hybridized carbons (Fsp3) is 0.971. The minimum Gasteiger partial charge on any atom is -0.850 e. The number of rotatable bonds is 37. The van der Waals surface area contributed by atoms with Crippen LogP contribution in [-0.2, 0) is 71.5 Å². The monoisotopic (exact) mass is 924 g/mol. The summed E-state index contributed by atoms with van der Waals surface area (Å²) in [5.41, 5.74) is 0. The summed E-state index contributed by atoms with van der Waals surface area (Å²) < 4.78 is 74.2. The molecule has 0 rings (SSSR count). The quantitative estimate of drug-likeness (QED) is 0.0355. The average Bonchev–Trinajstić information content (AvgIpc) is 3.09. The SMILES string of the molecule is CCCCCCCCOP(=O)(OCCCCCCCC)OP(=O)([O-])[O-].CCCCCCCCOP(=O)(OCCCCCCCC)OP(=O)([O-])[O-].O=C([O-])C[O-].[H+].[H+].[Ti+4]. The molecule has 0 saturated heterocycles. The summed E-state index contributed by atoms with van der Waals surface area (Å²) in [7, 11) is -19.6. The second kappa shape index (κ2) is 42.4. The molecule has 0 aliphatic heterocycles. The Kier molecular flexibility index (Phi) is 47.9. The average molecular weight is 925 g/mol. The summed E-state index contributed by atoms with van der Waals surface area (Å²) in [6, 6.07) is 0. The van der Waals surface area contributed by atoms with Gasteiger partial charge in [-0.1, -0.05) is 163 Å². The Bertz CT molecular complexity index is 956. The van der Waals surface area contributed by atoms with Crippen molar-refractivity contribution in [2.75, 3.05) is 33.0 Å². The largest absolute Gasteiger partial charge is 4.00 e. The van der Waals surface area contributed by atoms with E-state index in [2.05, 4.69) is 36.3 Å². The van der Waals surface area contributed by atoms with E-state index < -0.39 is 43.9 Å². The first-order chi connectivity index (χ1) is 25.9. The fourth-order valence-corrected chi connectivity index (χ4v) is 8.92. The van der Waals surface area contributed by atoms with Crippen LogP contribution in [0, 0.1) is 0 Å². The zero-order valence-electron chi connectivity index (χ0n) is 36.2. The maximum Gasteiger partial charge on any atom is 4.00 e.